The normalized spacial score (nSPS) is 9.33. The first kappa shape index (κ1) is 13.7. The molecule has 0 saturated carbocycles. The maximum absolute atomic E-state index is 11.6. The first-order valence-corrected chi connectivity index (χ1v) is 5.46. The van der Waals surface area contributed by atoms with Gasteiger partial charge in [-0.2, -0.15) is 5.26 Å². The zero-order valence-corrected chi connectivity index (χ0v) is 10.1. The molecule has 1 aromatic carbocycles. The Morgan fingerprint density at radius 1 is 1.44 bits per heavy atom. The van der Waals surface area contributed by atoms with Gasteiger partial charge in [0.05, 0.1) is 12.5 Å². The van der Waals surface area contributed by atoms with Gasteiger partial charge in [-0.1, -0.05) is 0 Å². The summed E-state index contributed by atoms with van der Waals surface area (Å²) in [4.78, 5) is 23.5. The van der Waals surface area contributed by atoms with E-state index in [9.17, 15) is 9.59 Å². The fraction of sp³-hybridized carbons (Fsp3) is 0.308. The minimum atomic E-state index is -0.190. The number of benzene rings is 1. The Morgan fingerprint density at radius 2 is 2.11 bits per heavy atom. The fourth-order valence-electron chi connectivity index (χ4n) is 1.24. The molecule has 0 unspecified atom stereocenters. The Hall–Kier alpha value is -2.35. The predicted octanol–water partition coefficient (Wildman–Crippen LogP) is 1.25. The van der Waals surface area contributed by atoms with Gasteiger partial charge in [0.1, 0.15) is 12.0 Å². The van der Waals surface area contributed by atoms with Crippen molar-refractivity contribution in [1.82, 2.24) is 4.90 Å². The molecular formula is C13H14N2O3. The fourth-order valence-corrected chi connectivity index (χ4v) is 1.24. The molecule has 0 spiro atoms. The highest BCUT2D eigenvalue weighted by Crippen LogP contribution is 2.11. The second-order valence-electron chi connectivity index (χ2n) is 3.70. The number of hydrogen-bond donors (Lipinski definition) is 0. The number of nitriles is 1. The lowest BCUT2D eigenvalue weighted by Gasteiger charge is -2.15. The number of nitrogens with zero attached hydrogens (tertiary/aromatic N) is 2. The molecule has 0 saturated heterocycles. The molecule has 1 amide bonds. The molecule has 0 N–H and O–H groups in total. The Bertz CT molecular complexity index is 448. The van der Waals surface area contributed by atoms with Crippen molar-refractivity contribution < 1.29 is 14.3 Å². The molecule has 0 aliphatic carbocycles. The van der Waals surface area contributed by atoms with E-state index in [-0.39, 0.29) is 12.5 Å². The molecule has 1 rings (SSSR count). The Labute approximate surface area is 106 Å². The van der Waals surface area contributed by atoms with Gasteiger partial charge in [-0.25, -0.2) is 0 Å². The van der Waals surface area contributed by atoms with Gasteiger partial charge < -0.3 is 9.64 Å². The number of carbonyl (C=O) groups excluding carboxylic acids is 2. The van der Waals surface area contributed by atoms with E-state index in [1.165, 1.54) is 4.90 Å². The smallest absolute Gasteiger partial charge is 0.260 e. The Balaban J connectivity index is 2.42. The van der Waals surface area contributed by atoms with E-state index in [0.717, 1.165) is 6.29 Å². The molecule has 94 valence electrons. The second-order valence-corrected chi connectivity index (χ2v) is 3.70. The SMILES string of the molecule is CN(CCC#N)C(=O)COc1ccc(C=O)cc1. The molecule has 0 fully saturated rings. The molecule has 5 nitrogen and oxygen atoms in total. The van der Waals surface area contributed by atoms with Crippen molar-refractivity contribution in [2.45, 2.75) is 6.42 Å². The van der Waals surface area contributed by atoms with Crippen LogP contribution in [0.1, 0.15) is 16.8 Å². The number of carbonyl (C=O) groups is 2. The third-order valence-corrected chi connectivity index (χ3v) is 2.36. The highest BCUT2D eigenvalue weighted by Gasteiger charge is 2.08. The second kappa shape index (κ2) is 7.07. The summed E-state index contributed by atoms with van der Waals surface area (Å²) in [6.45, 7) is 0.311. The van der Waals surface area contributed by atoms with Crippen LogP contribution in [0.5, 0.6) is 5.75 Å². The number of amides is 1. The number of likely N-dealkylation sites (N-methyl/N-ethyl adjacent to an activating group) is 1. The topological polar surface area (TPSA) is 70.4 Å². The molecular weight excluding hydrogens is 232 g/mol. The van der Waals surface area contributed by atoms with Crippen LogP contribution >= 0.6 is 0 Å². The molecule has 0 aliphatic heterocycles. The van der Waals surface area contributed by atoms with Crippen molar-refractivity contribution in [3.63, 3.8) is 0 Å². The van der Waals surface area contributed by atoms with Gasteiger partial charge in [-0.15, -0.1) is 0 Å². The standard InChI is InChI=1S/C13H14N2O3/c1-15(8-2-7-14)13(17)10-18-12-5-3-11(9-16)4-6-12/h3-6,9H,2,8,10H2,1H3. The van der Waals surface area contributed by atoms with Crippen molar-refractivity contribution in [1.29, 1.82) is 5.26 Å². The lowest BCUT2D eigenvalue weighted by molar-refractivity contribution is -0.131. The summed E-state index contributed by atoms with van der Waals surface area (Å²) in [5.41, 5.74) is 0.555. The van der Waals surface area contributed by atoms with Crippen LogP contribution in [0, 0.1) is 11.3 Å². The minimum Gasteiger partial charge on any atom is -0.484 e. The molecule has 1 aromatic rings. The molecule has 18 heavy (non-hydrogen) atoms. The van der Waals surface area contributed by atoms with Crippen LogP contribution in [0.3, 0.4) is 0 Å². The van der Waals surface area contributed by atoms with Crippen molar-refractivity contribution in [3.8, 4) is 11.8 Å². The first-order chi connectivity index (χ1) is 8.67. The zero-order valence-electron chi connectivity index (χ0n) is 10.1. The Kier molecular flexibility index (Phi) is 5.39. The third-order valence-electron chi connectivity index (χ3n) is 2.36. The van der Waals surface area contributed by atoms with Gasteiger partial charge in [0.2, 0.25) is 0 Å². The first-order valence-electron chi connectivity index (χ1n) is 5.46. The predicted molar refractivity (Wildman–Crippen MR) is 65.2 cm³/mol. The van der Waals surface area contributed by atoms with Crippen molar-refractivity contribution in [2.24, 2.45) is 0 Å². The van der Waals surface area contributed by atoms with Crippen LogP contribution in [0.15, 0.2) is 24.3 Å². The van der Waals surface area contributed by atoms with Crippen LogP contribution in [-0.2, 0) is 4.79 Å². The van der Waals surface area contributed by atoms with Crippen LogP contribution < -0.4 is 4.74 Å². The van der Waals surface area contributed by atoms with Crippen LogP contribution in [0.25, 0.3) is 0 Å². The van der Waals surface area contributed by atoms with Gasteiger partial charge in [0.25, 0.3) is 5.91 Å². The lowest BCUT2D eigenvalue weighted by Crippen LogP contribution is -2.32. The highest BCUT2D eigenvalue weighted by molar-refractivity contribution is 5.77. The molecule has 0 aliphatic rings. The van der Waals surface area contributed by atoms with E-state index in [4.69, 9.17) is 10.00 Å². The van der Waals surface area contributed by atoms with Crippen LogP contribution in [-0.4, -0.2) is 37.3 Å². The highest BCUT2D eigenvalue weighted by atomic mass is 16.5. The van der Waals surface area contributed by atoms with Gasteiger partial charge in [-0.05, 0) is 24.3 Å². The van der Waals surface area contributed by atoms with E-state index < -0.39 is 0 Å². The molecule has 0 heterocycles. The van der Waals surface area contributed by atoms with Gasteiger partial charge in [0.15, 0.2) is 6.61 Å². The van der Waals surface area contributed by atoms with Crippen molar-refractivity contribution in [3.05, 3.63) is 29.8 Å². The van der Waals surface area contributed by atoms with E-state index in [2.05, 4.69) is 0 Å². The summed E-state index contributed by atoms with van der Waals surface area (Å²) in [6.07, 6.45) is 1.04. The number of hydrogen-bond acceptors (Lipinski definition) is 4. The summed E-state index contributed by atoms with van der Waals surface area (Å²) in [7, 11) is 1.62. The third kappa shape index (κ3) is 4.26. The van der Waals surface area contributed by atoms with Gasteiger partial charge >= 0.3 is 0 Å². The average Bonchev–Trinajstić information content (AvgIpc) is 2.42. The lowest BCUT2D eigenvalue weighted by atomic mass is 10.2. The van der Waals surface area contributed by atoms with Crippen LogP contribution in [0.2, 0.25) is 0 Å². The zero-order chi connectivity index (χ0) is 13.4. The quantitative estimate of drug-likeness (QED) is 0.708. The van der Waals surface area contributed by atoms with E-state index >= 15 is 0 Å². The minimum absolute atomic E-state index is 0.0810. The van der Waals surface area contributed by atoms with Crippen molar-refractivity contribution in [2.75, 3.05) is 20.2 Å². The largest absolute Gasteiger partial charge is 0.484 e. The summed E-state index contributed by atoms with van der Waals surface area (Å²) in [5, 5.41) is 8.41. The monoisotopic (exact) mass is 246 g/mol. The Morgan fingerprint density at radius 3 is 2.67 bits per heavy atom. The summed E-state index contributed by atoms with van der Waals surface area (Å²) in [5.74, 6) is 0.340. The van der Waals surface area contributed by atoms with Crippen LogP contribution in [0.4, 0.5) is 0 Å². The van der Waals surface area contributed by atoms with Gasteiger partial charge in [0, 0.05) is 19.2 Å². The van der Waals surface area contributed by atoms with E-state index in [1.807, 2.05) is 6.07 Å². The number of ether oxygens (including phenoxy) is 1. The molecule has 0 atom stereocenters. The summed E-state index contributed by atoms with van der Waals surface area (Å²) in [6, 6.07) is 8.47. The van der Waals surface area contributed by atoms with Crippen molar-refractivity contribution >= 4 is 12.2 Å². The summed E-state index contributed by atoms with van der Waals surface area (Å²) < 4.78 is 5.28. The summed E-state index contributed by atoms with van der Waals surface area (Å²) >= 11 is 0. The molecule has 0 aromatic heterocycles. The molecule has 0 radical (unpaired) electrons. The van der Waals surface area contributed by atoms with Gasteiger partial charge in [-0.3, -0.25) is 9.59 Å². The number of rotatable bonds is 6. The average molecular weight is 246 g/mol. The van der Waals surface area contributed by atoms with E-state index in [1.54, 1.807) is 31.3 Å². The maximum Gasteiger partial charge on any atom is 0.260 e. The maximum atomic E-state index is 11.6. The molecule has 5 heteroatoms. The van der Waals surface area contributed by atoms with E-state index in [0.29, 0.717) is 24.3 Å². The number of aldehydes is 1. The molecule has 0 bridgehead atoms.